The molecule has 19 heavy (non-hydrogen) atoms. The van der Waals surface area contributed by atoms with Crippen LogP contribution in [0.2, 0.25) is 0 Å². The number of anilines is 1. The Bertz CT molecular complexity index is 422. The average molecular weight is 267 g/mol. The summed E-state index contributed by atoms with van der Waals surface area (Å²) in [6, 6.07) is 1.52. The minimum atomic E-state index is -0.419. The standard InChI is InChI=1S/C13H21N3O3/c1-10(2)9-19-6-4-5-14-13-12(16(17)18)7-11(3)8-15-13/h7-8,10H,4-6,9H2,1-3H3,(H,14,15). The topological polar surface area (TPSA) is 77.3 Å². The van der Waals surface area contributed by atoms with Crippen LogP contribution in [0, 0.1) is 23.0 Å². The van der Waals surface area contributed by atoms with Gasteiger partial charge in [0.2, 0.25) is 5.82 Å². The lowest BCUT2D eigenvalue weighted by Crippen LogP contribution is -2.10. The summed E-state index contributed by atoms with van der Waals surface area (Å²) in [6.45, 7) is 7.96. The minimum absolute atomic E-state index is 0.0168. The van der Waals surface area contributed by atoms with Crippen molar-refractivity contribution in [3.8, 4) is 0 Å². The Balaban J connectivity index is 2.39. The van der Waals surface area contributed by atoms with Gasteiger partial charge in [-0.2, -0.15) is 0 Å². The van der Waals surface area contributed by atoms with Gasteiger partial charge in [0, 0.05) is 32.0 Å². The van der Waals surface area contributed by atoms with E-state index in [0.717, 1.165) is 18.6 Å². The van der Waals surface area contributed by atoms with Crippen LogP contribution in [0.5, 0.6) is 0 Å². The first kappa shape index (κ1) is 15.4. The van der Waals surface area contributed by atoms with Crippen LogP contribution in [0.4, 0.5) is 11.5 Å². The van der Waals surface area contributed by atoms with Crippen LogP contribution in [0.3, 0.4) is 0 Å². The monoisotopic (exact) mass is 267 g/mol. The van der Waals surface area contributed by atoms with Gasteiger partial charge in [-0.05, 0) is 24.8 Å². The molecule has 0 aliphatic heterocycles. The van der Waals surface area contributed by atoms with E-state index in [0.29, 0.717) is 24.9 Å². The molecule has 0 unspecified atom stereocenters. The van der Waals surface area contributed by atoms with Crippen molar-refractivity contribution in [1.29, 1.82) is 0 Å². The Morgan fingerprint density at radius 1 is 1.53 bits per heavy atom. The van der Waals surface area contributed by atoms with Crippen LogP contribution >= 0.6 is 0 Å². The van der Waals surface area contributed by atoms with Crippen molar-refractivity contribution in [2.75, 3.05) is 25.1 Å². The number of rotatable bonds is 8. The largest absolute Gasteiger partial charge is 0.381 e. The predicted octanol–water partition coefficient (Wildman–Crippen LogP) is 2.77. The number of nitro groups is 1. The third-order valence-electron chi connectivity index (χ3n) is 2.41. The van der Waals surface area contributed by atoms with Gasteiger partial charge in [0.25, 0.3) is 0 Å². The molecule has 6 nitrogen and oxygen atoms in total. The second kappa shape index (κ2) is 7.68. The van der Waals surface area contributed by atoms with Crippen LogP contribution in [-0.2, 0) is 4.74 Å². The summed E-state index contributed by atoms with van der Waals surface area (Å²) in [5.41, 5.74) is 0.792. The van der Waals surface area contributed by atoms with E-state index in [4.69, 9.17) is 4.74 Å². The third kappa shape index (κ3) is 5.65. The lowest BCUT2D eigenvalue weighted by Gasteiger charge is -2.08. The summed E-state index contributed by atoms with van der Waals surface area (Å²) >= 11 is 0. The predicted molar refractivity (Wildman–Crippen MR) is 74.4 cm³/mol. The Morgan fingerprint density at radius 3 is 2.89 bits per heavy atom. The van der Waals surface area contributed by atoms with Crippen molar-refractivity contribution in [3.63, 3.8) is 0 Å². The molecular weight excluding hydrogens is 246 g/mol. The fourth-order valence-electron chi connectivity index (χ4n) is 1.53. The molecule has 0 radical (unpaired) electrons. The first-order chi connectivity index (χ1) is 9.00. The molecule has 0 amide bonds. The summed E-state index contributed by atoms with van der Waals surface area (Å²) in [7, 11) is 0. The second-order valence-corrected chi connectivity index (χ2v) is 4.89. The number of hydrogen-bond donors (Lipinski definition) is 1. The van der Waals surface area contributed by atoms with Gasteiger partial charge in [0.1, 0.15) is 0 Å². The Labute approximate surface area is 113 Å². The molecule has 0 aromatic carbocycles. The second-order valence-electron chi connectivity index (χ2n) is 4.89. The van der Waals surface area contributed by atoms with Gasteiger partial charge in [0.05, 0.1) is 4.92 Å². The highest BCUT2D eigenvalue weighted by Gasteiger charge is 2.14. The summed E-state index contributed by atoms with van der Waals surface area (Å²) in [5, 5.41) is 13.9. The molecular formula is C13H21N3O3. The highest BCUT2D eigenvalue weighted by atomic mass is 16.6. The summed E-state index contributed by atoms with van der Waals surface area (Å²) in [6.07, 6.45) is 2.41. The molecule has 0 aliphatic rings. The van der Waals surface area contributed by atoms with Crippen LogP contribution in [-0.4, -0.2) is 29.7 Å². The van der Waals surface area contributed by atoms with Gasteiger partial charge in [-0.15, -0.1) is 0 Å². The third-order valence-corrected chi connectivity index (χ3v) is 2.41. The van der Waals surface area contributed by atoms with Gasteiger partial charge in [-0.3, -0.25) is 10.1 Å². The molecule has 0 saturated carbocycles. The zero-order valence-corrected chi connectivity index (χ0v) is 11.7. The Kier molecular flexibility index (Phi) is 6.21. The first-order valence-corrected chi connectivity index (χ1v) is 6.43. The number of aryl methyl sites for hydroxylation is 1. The average Bonchev–Trinajstić information content (AvgIpc) is 2.34. The fourth-order valence-corrected chi connectivity index (χ4v) is 1.53. The van der Waals surface area contributed by atoms with Gasteiger partial charge in [-0.1, -0.05) is 13.8 Å². The Morgan fingerprint density at radius 2 is 2.26 bits per heavy atom. The van der Waals surface area contributed by atoms with Gasteiger partial charge in [0.15, 0.2) is 0 Å². The van der Waals surface area contributed by atoms with Crippen LogP contribution in [0.15, 0.2) is 12.3 Å². The van der Waals surface area contributed by atoms with E-state index < -0.39 is 4.92 Å². The molecule has 0 bridgehead atoms. The van der Waals surface area contributed by atoms with Crippen LogP contribution in [0.1, 0.15) is 25.8 Å². The normalized spacial score (nSPS) is 10.7. The highest BCUT2D eigenvalue weighted by molar-refractivity contribution is 5.56. The van der Waals surface area contributed by atoms with Crippen LogP contribution in [0.25, 0.3) is 0 Å². The van der Waals surface area contributed by atoms with Gasteiger partial charge < -0.3 is 10.1 Å². The SMILES string of the molecule is Cc1cnc(NCCCOCC(C)C)c([N+](=O)[O-])c1. The molecule has 0 fully saturated rings. The lowest BCUT2D eigenvalue weighted by molar-refractivity contribution is -0.384. The van der Waals surface area contributed by atoms with E-state index in [1.807, 2.05) is 0 Å². The lowest BCUT2D eigenvalue weighted by atomic mass is 10.2. The van der Waals surface area contributed by atoms with E-state index in [9.17, 15) is 10.1 Å². The van der Waals surface area contributed by atoms with E-state index in [1.165, 1.54) is 6.07 Å². The first-order valence-electron chi connectivity index (χ1n) is 6.43. The molecule has 1 rings (SSSR count). The molecule has 1 aromatic heterocycles. The Hall–Kier alpha value is -1.69. The summed E-state index contributed by atoms with van der Waals surface area (Å²) in [4.78, 5) is 14.5. The van der Waals surface area contributed by atoms with Crippen molar-refractivity contribution >= 4 is 11.5 Å². The van der Waals surface area contributed by atoms with Crippen LogP contribution < -0.4 is 5.32 Å². The molecule has 0 atom stereocenters. The molecule has 0 saturated heterocycles. The summed E-state index contributed by atoms with van der Waals surface area (Å²) < 4.78 is 5.44. The number of aromatic nitrogens is 1. The quantitative estimate of drug-likeness (QED) is 0.445. The number of nitrogens with one attached hydrogen (secondary N) is 1. The number of pyridine rings is 1. The number of hydrogen-bond acceptors (Lipinski definition) is 5. The zero-order chi connectivity index (χ0) is 14.3. The zero-order valence-electron chi connectivity index (χ0n) is 11.7. The minimum Gasteiger partial charge on any atom is -0.381 e. The van der Waals surface area contributed by atoms with E-state index >= 15 is 0 Å². The molecule has 0 spiro atoms. The maximum atomic E-state index is 10.9. The fraction of sp³-hybridized carbons (Fsp3) is 0.615. The molecule has 106 valence electrons. The molecule has 1 heterocycles. The highest BCUT2D eigenvalue weighted by Crippen LogP contribution is 2.22. The maximum absolute atomic E-state index is 10.9. The molecule has 0 aliphatic carbocycles. The van der Waals surface area contributed by atoms with Crippen molar-refractivity contribution in [2.24, 2.45) is 5.92 Å². The molecule has 1 N–H and O–H groups in total. The molecule has 1 aromatic rings. The molecule has 6 heteroatoms. The number of nitrogens with zero attached hydrogens (tertiary/aromatic N) is 2. The van der Waals surface area contributed by atoms with Crippen molar-refractivity contribution < 1.29 is 9.66 Å². The summed E-state index contributed by atoms with van der Waals surface area (Å²) in [5.74, 6) is 0.840. The van der Waals surface area contributed by atoms with Crippen molar-refractivity contribution in [1.82, 2.24) is 4.98 Å². The van der Waals surface area contributed by atoms with Gasteiger partial charge in [-0.25, -0.2) is 4.98 Å². The van der Waals surface area contributed by atoms with Crippen molar-refractivity contribution in [3.05, 3.63) is 27.9 Å². The van der Waals surface area contributed by atoms with Crippen molar-refractivity contribution in [2.45, 2.75) is 27.2 Å². The van der Waals surface area contributed by atoms with E-state index in [-0.39, 0.29) is 5.69 Å². The van der Waals surface area contributed by atoms with Gasteiger partial charge >= 0.3 is 5.69 Å². The van der Waals surface area contributed by atoms with E-state index in [2.05, 4.69) is 24.1 Å². The van der Waals surface area contributed by atoms with E-state index in [1.54, 1.807) is 13.1 Å². The maximum Gasteiger partial charge on any atom is 0.311 e. The number of ether oxygens (including phenoxy) is 1. The smallest absolute Gasteiger partial charge is 0.311 e.